The standard InChI is InChI=1S/C18H14F3NO3/c1-25-17-12(11-4-2-3-5-13(11)18(19,20)21)6-7-14-16(17)10(9-22-14)8-15(23)24/h2-7,9,22H,8H2,1H3,(H,23,24). The molecule has 7 heteroatoms. The SMILES string of the molecule is COc1c(-c2ccccc2C(F)(F)F)ccc2[nH]cc(CC(=O)O)c12. The van der Waals surface area contributed by atoms with Crippen molar-refractivity contribution in [2.75, 3.05) is 7.11 Å². The van der Waals surface area contributed by atoms with Crippen molar-refractivity contribution in [1.82, 2.24) is 4.98 Å². The van der Waals surface area contributed by atoms with Gasteiger partial charge in [0.15, 0.2) is 0 Å². The largest absolute Gasteiger partial charge is 0.495 e. The van der Waals surface area contributed by atoms with Crippen LogP contribution in [-0.4, -0.2) is 23.2 Å². The number of halogens is 3. The maximum atomic E-state index is 13.4. The first-order valence-corrected chi connectivity index (χ1v) is 7.38. The Hall–Kier alpha value is -2.96. The monoisotopic (exact) mass is 349 g/mol. The molecule has 1 aromatic heterocycles. The number of carboxylic acids is 1. The first kappa shape index (κ1) is 16.9. The van der Waals surface area contributed by atoms with Crippen LogP contribution in [0.15, 0.2) is 42.6 Å². The van der Waals surface area contributed by atoms with E-state index in [0.29, 0.717) is 16.5 Å². The van der Waals surface area contributed by atoms with E-state index in [1.807, 2.05) is 0 Å². The molecule has 0 saturated carbocycles. The number of aromatic nitrogens is 1. The summed E-state index contributed by atoms with van der Waals surface area (Å²) < 4.78 is 45.4. The number of carboxylic acid groups (broad SMARTS) is 1. The molecule has 0 amide bonds. The van der Waals surface area contributed by atoms with Crippen LogP contribution in [0.3, 0.4) is 0 Å². The van der Waals surface area contributed by atoms with Gasteiger partial charge in [-0.15, -0.1) is 0 Å². The Balaban J connectivity index is 2.30. The zero-order valence-corrected chi connectivity index (χ0v) is 13.1. The third-order valence-corrected chi connectivity index (χ3v) is 3.95. The predicted octanol–water partition coefficient (Wildman–Crippen LogP) is 4.49. The lowest BCUT2D eigenvalue weighted by Gasteiger charge is -2.16. The van der Waals surface area contributed by atoms with Crippen LogP contribution >= 0.6 is 0 Å². The molecule has 25 heavy (non-hydrogen) atoms. The molecule has 2 aromatic carbocycles. The molecule has 3 aromatic rings. The van der Waals surface area contributed by atoms with Gasteiger partial charge in [-0.2, -0.15) is 13.2 Å². The Bertz CT molecular complexity index is 944. The molecule has 0 radical (unpaired) electrons. The average Bonchev–Trinajstić information content (AvgIpc) is 2.95. The van der Waals surface area contributed by atoms with Gasteiger partial charge in [0.05, 0.1) is 19.1 Å². The van der Waals surface area contributed by atoms with Crippen LogP contribution in [0.5, 0.6) is 5.75 Å². The van der Waals surface area contributed by atoms with E-state index < -0.39 is 17.7 Å². The highest BCUT2D eigenvalue weighted by Gasteiger charge is 2.34. The van der Waals surface area contributed by atoms with Gasteiger partial charge < -0.3 is 14.8 Å². The van der Waals surface area contributed by atoms with Crippen LogP contribution in [0, 0.1) is 0 Å². The van der Waals surface area contributed by atoms with Crippen molar-refractivity contribution in [3.05, 3.63) is 53.7 Å². The Labute approximate surface area is 140 Å². The minimum atomic E-state index is -4.52. The fourth-order valence-corrected chi connectivity index (χ4v) is 2.95. The summed E-state index contributed by atoms with van der Waals surface area (Å²) in [5.41, 5.74) is 0.514. The highest BCUT2D eigenvalue weighted by molar-refractivity contribution is 5.98. The Kier molecular flexibility index (Phi) is 4.16. The Morgan fingerprint density at radius 1 is 1.16 bits per heavy atom. The van der Waals surface area contributed by atoms with E-state index in [0.717, 1.165) is 6.07 Å². The number of benzene rings is 2. The predicted molar refractivity (Wildman–Crippen MR) is 86.6 cm³/mol. The van der Waals surface area contributed by atoms with E-state index in [2.05, 4.69) is 4.98 Å². The van der Waals surface area contributed by atoms with Crippen molar-refractivity contribution in [1.29, 1.82) is 0 Å². The number of alkyl halides is 3. The van der Waals surface area contributed by atoms with Crippen LogP contribution < -0.4 is 4.74 Å². The highest BCUT2D eigenvalue weighted by atomic mass is 19.4. The van der Waals surface area contributed by atoms with Gasteiger partial charge in [-0.05, 0) is 29.3 Å². The molecule has 4 nitrogen and oxygen atoms in total. The number of fused-ring (bicyclic) bond motifs is 1. The van der Waals surface area contributed by atoms with Crippen molar-refractivity contribution in [2.24, 2.45) is 0 Å². The topological polar surface area (TPSA) is 62.3 Å². The van der Waals surface area contributed by atoms with Crippen molar-refractivity contribution in [2.45, 2.75) is 12.6 Å². The fourth-order valence-electron chi connectivity index (χ4n) is 2.95. The molecule has 0 aliphatic carbocycles. The molecule has 3 rings (SSSR count). The maximum absolute atomic E-state index is 13.4. The normalized spacial score (nSPS) is 11.7. The number of carbonyl (C=O) groups is 1. The first-order valence-electron chi connectivity index (χ1n) is 7.38. The quantitative estimate of drug-likeness (QED) is 0.729. The molecule has 0 aliphatic heterocycles. The molecular formula is C18H14F3NO3. The minimum absolute atomic E-state index is 0.0174. The van der Waals surface area contributed by atoms with Gasteiger partial charge >= 0.3 is 12.1 Å². The number of aliphatic carboxylic acids is 1. The van der Waals surface area contributed by atoms with Crippen molar-refractivity contribution < 1.29 is 27.8 Å². The van der Waals surface area contributed by atoms with Crippen molar-refractivity contribution in [3.63, 3.8) is 0 Å². The Morgan fingerprint density at radius 3 is 2.52 bits per heavy atom. The van der Waals surface area contributed by atoms with Crippen LogP contribution in [0.4, 0.5) is 13.2 Å². The summed E-state index contributed by atoms with van der Waals surface area (Å²) in [5.74, 6) is -0.823. The van der Waals surface area contributed by atoms with Gasteiger partial charge in [0.2, 0.25) is 0 Å². The number of hydrogen-bond donors (Lipinski definition) is 2. The van der Waals surface area contributed by atoms with Crippen LogP contribution in [-0.2, 0) is 17.4 Å². The molecular weight excluding hydrogens is 335 g/mol. The lowest BCUT2D eigenvalue weighted by Crippen LogP contribution is -2.07. The van der Waals surface area contributed by atoms with Gasteiger partial charge in [-0.1, -0.05) is 18.2 Å². The maximum Gasteiger partial charge on any atom is 0.417 e. The average molecular weight is 349 g/mol. The number of aromatic amines is 1. The summed E-state index contributed by atoms with van der Waals surface area (Å²) in [4.78, 5) is 14.0. The zero-order valence-electron chi connectivity index (χ0n) is 13.1. The van der Waals surface area contributed by atoms with E-state index in [-0.39, 0.29) is 23.3 Å². The smallest absolute Gasteiger partial charge is 0.417 e. The van der Waals surface area contributed by atoms with Gasteiger partial charge in [-0.3, -0.25) is 4.79 Å². The number of rotatable bonds is 4. The first-order chi connectivity index (χ1) is 11.8. The van der Waals surface area contributed by atoms with Gasteiger partial charge in [0.1, 0.15) is 5.75 Å². The summed E-state index contributed by atoms with van der Waals surface area (Å²) in [7, 11) is 1.35. The third kappa shape index (κ3) is 3.05. The number of ether oxygens (including phenoxy) is 1. The van der Waals surface area contributed by atoms with Crippen molar-refractivity contribution >= 4 is 16.9 Å². The van der Waals surface area contributed by atoms with E-state index in [9.17, 15) is 18.0 Å². The second kappa shape index (κ2) is 6.16. The summed E-state index contributed by atoms with van der Waals surface area (Å²) in [5, 5.41) is 9.51. The van der Waals surface area contributed by atoms with Gasteiger partial charge in [0.25, 0.3) is 0 Å². The van der Waals surface area contributed by atoms with E-state index in [4.69, 9.17) is 9.84 Å². The number of nitrogens with one attached hydrogen (secondary N) is 1. The van der Waals surface area contributed by atoms with Crippen molar-refractivity contribution in [3.8, 4) is 16.9 Å². The zero-order chi connectivity index (χ0) is 18.2. The minimum Gasteiger partial charge on any atom is -0.495 e. The molecule has 0 bridgehead atoms. The summed E-state index contributed by atoms with van der Waals surface area (Å²) >= 11 is 0. The van der Waals surface area contributed by atoms with E-state index in [1.54, 1.807) is 6.07 Å². The number of H-pyrrole nitrogens is 1. The highest BCUT2D eigenvalue weighted by Crippen LogP contribution is 2.43. The molecule has 0 saturated heterocycles. The van der Waals surface area contributed by atoms with Gasteiger partial charge in [0, 0.05) is 22.7 Å². The van der Waals surface area contributed by atoms with Crippen LogP contribution in [0.25, 0.3) is 22.0 Å². The molecule has 0 fully saturated rings. The second-order valence-corrected chi connectivity index (χ2v) is 5.50. The van der Waals surface area contributed by atoms with E-state index >= 15 is 0 Å². The molecule has 1 heterocycles. The van der Waals surface area contributed by atoms with E-state index in [1.165, 1.54) is 37.6 Å². The summed E-state index contributed by atoms with van der Waals surface area (Å²) in [6.07, 6.45) is -3.25. The summed E-state index contributed by atoms with van der Waals surface area (Å²) in [6.45, 7) is 0. The lowest BCUT2D eigenvalue weighted by atomic mass is 9.96. The molecule has 130 valence electrons. The molecule has 0 spiro atoms. The fraction of sp³-hybridized carbons (Fsp3) is 0.167. The summed E-state index contributed by atoms with van der Waals surface area (Å²) in [6, 6.07) is 8.37. The number of hydrogen-bond acceptors (Lipinski definition) is 2. The molecule has 0 atom stereocenters. The van der Waals surface area contributed by atoms with Gasteiger partial charge in [-0.25, -0.2) is 0 Å². The third-order valence-electron chi connectivity index (χ3n) is 3.95. The number of methoxy groups -OCH3 is 1. The lowest BCUT2D eigenvalue weighted by molar-refractivity contribution is -0.137. The second-order valence-electron chi connectivity index (χ2n) is 5.50. The molecule has 2 N–H and O–H groups in total. The Morgan fingerprint density at radius 2 is 1.88 bits per heavy atom. The molecule has 0 aliphatic rings. The molecule has 0 unspecified atom stereocenters. The van der Waals surface area contributed by atoms with Crippen LogP contribution in [0.1, 0.15) is 11.1 Å². The van der Waals surface area contributed by atoms with Crippen LogP contribution in [0.2, 0.25) is 0 Å².